The normalized spacial score (nSPS) is 18.9. The van der Waals surface area contributed by atoms with Crippen LogP contribution in [0.15, 0.2) is 18.2 Å². The predicted octanol–water partition coefficient (Wildman–Crippen LogP) is 2.19. The van der Waals surface area contributed by atoms with E-state index in [4.69, 9.17) is 4.74 Å². The van der Waals surface area contributed by atoms with E-state index in [1.54, 1.807) is 7.11 Å². The van der Waals surface area contributed by atoms with Crippen molar-refractivity contribution in [3.05, 3.63) is 29.3 Å². The molecule has 1 atom stereocenters. The maximum atomic E-state index is 5.23. The third-order valence-electron chi connectivity index (χ3n) is 3.05. The second-order valence-electron chi connectivity index (χ2n) is 3.86. The van der Waals surface area contributed by atoms with Crippen LogP contribution in [0, 0.1) is 0 Å². The minimum absolute atomic E-state index is 0. The predicted molar refractivity (Wildman–Crippen MR) is 65.1 cm³/mol. The Morgan fingerprint density at radius 2 is 2.13 bits per heavy atom. The van der Waals surface area contributed by atoms with Crippen LogP contribution in [0.2, 0.25) is 0 Å². The fraction of sp³-hybridized carbons (Fsp3) is 0.500. The first-order valence-electron chi connectivity index (χ1n) is 5.16. The molecular formula is C12H18ClNO. The van der Waals surface area contributed by atoms with Gasteiger partial charge in [0.2, 0.25) is 0 Å². The maximum absolute atomic E-state index is 5.23. The van der Waals surface area contributed by atoms with Crippen molar-refractivity contribution in [2.24, 2.45) is 0 Å². The zero-order valence-corrected chi connectivity index (χ0v) is 10.1. The molecule has 1 N–H and O–H groups in total. The summed E-state index contributed by atoms with van der Waals surface area (Å²) in [7, 11) is 3.76. The summed E-state index contributed by atoms with van der Waals surface area (Å²) in [6.45, 7) is 0. The lowest BCUT2D eigenvalue weighted by atomic mass is 9.88. The monoisotopic (exact) mass is 227 g/mol. The van der Waals surface area contributed by atoms with Gasteiger partial charge in [-0.2, -0.15) is 0 Å². The SMILES string of the molecule is CNC1CCc2ccc(OC)cc2C1.Cl. The standard InChI is InChI=1S/C12H17NO.ClH/c1-13-11-5-3-9-4-6-12(14-2)8-10(9)7-11;/h4,6,8,11,13H,3,5,7H2,1-2H3;1H. The van der Waals surface area contributed by atoms with E-state index < -0.39 is 0 Å². The Hall–Kier alpha value is -0.730. The molecule has 1 aliphatic carbocycles. The minimum atomic E-state index is 0. The maximum Gasteiger partial charge on any atom is 0.119 e. The molecule has 0 spiro atoms. The van der Waals surface area contributed by atoms with Crippen molar-refractivity contribution < 1.29 is 4.74 Å². The van der Waals surface area contributed by atoms with Gasteiger partial charge in [0.25, 0.3) is 0 Å². The van der Waals surface area contributed by atoms with E-state index in [1.165, 1.54) is 24.0 Å². The summed E-state index contributed by atoms with van der Waals surface area (Å²) in [6.07, 6.45) is 3.56. The molecular weight excluding hydrogens is 210 g/mol. The van der Waals surface area contributed by atoms with E-state index >= 15 is 0 Å². The summed E-state index contributed by atoms with van der Waals surface area (Å²) in [5.74, 6) is 0.973. The number of rotatable bonds is 2. The number of halogens is 1. The Kier molecular flexibility index (Phi) is 4.43. The van der Waals surface area contributed by atoms with Gasteiger partial charge in [-0.15, -0.1) is 12.4 Å². The number of methoxy groups -OCH3 is 1. The van der Waals surface area contributed by atoms with Gasteiger partial charge in [0.05, 0.1) is 7.11 Å². The van der Waals surface area contributed by atoms with Crippen molar-refractivity contribution in [1.82, 2.24) is 5.32 Å². The third-order valence-corrected chi connectivity index (χ3v) is 3.05. The largest absolute Gasteiger partial charge is 0.497 e. The van der Waals surface area contributed by atoms with E-state index in [-0.39, 0.29) is 12.4 Å². The quantitative estimate of drug-likeness (QED) is 0.837. The minimum Gasteiger partial charge on any atom is -0.497 e. The number of likely N-dealkylation sites (N-methyl/N-ethyl adjacent to an activating group) is 1. The van der Waals surface area contributed by atoms with Crippen molar-refractivity contribution in [2.45, 2.75) is 25.3 Å². The highest BCUT2D eigenvalue weighted by molar-refractivity contribution is 5.85. The van der Waals surface area contributed by atoms with Gasteiger partial charge in [-0.05, 0) is 49.6 Å². The van der Waals surface area contributed by atoms with Gasteiger partial charge in [-0.25, -0.2) is 0 Å². The van der Waals surface area contributed by atoms with Crippen LogP contribution >= 0.6 is 12.4 Å². The number of nitrogens with one attached hydrogen (secondary N) is 1. The molecule has 0 amide bonds. The zero-order valence-electron chi connectivity index (χ0n) is 9.25. The average molecular weight is 228 g/mol. The second-order valence-corrected chi connectivity index (χ2v) is 3.86. The fourth-order valence-electron chi connectivity index (χ4n) is 2.11. The summed E-state index contributed by atoms with van der Waals surface area (Å²) in [5, 5.41) is 3.34. The number of ether oxygens (including phenoxy) is 1. The van der Waals surface area contributed by atoms with Gasteiger partial charge in [-0.1, -0.05) is 6.07 Å². The summed E-state index contributed by atoms with van der Waals surface area (Å²) < 4.78 is 5.23. The molecule has 0 bridgehead atoms. The highest BCUT2D eigenvalue weighted by Crippen LogP contribution is 2.25. The topological polar surface area (TPSA) is 21.3 Å². The van der Waals surface area contributed by atoms with Gasteiger partial charge in [0.1, 0.15) is 5.75 Å². The first kappa shape index (κ1) is 12.3. The molecule has 0 radical (unpaired) electrons. The molecule has 84 valence electrons. The van der Waals surface area contributed by atoms with E-state index in [0.717, 1.165) is 12.2 Å². The van der Waals surface area contributed by atoms with Gasteiger partial charge >= 0.3 is 0 Å². The Labute approximate surface area is 97.4 Å². The van der Waals surface area contributed by atoms with Crippen molar-refractivity contribution >= 4 is 12.4 Å². The molecule has 1 aromatic carbocycles. The Morgan fingerprint density at radius 3 is 2.80 bits per heavy atom. The van der Waals surface area contributed by atoms with Crippen LogP contribution < -0.4 is 10.1 Å². The fourth-order valence-corrected chi connectivity index (χ4v) is 2.11. The van der Waals surface area contributed by atoms with Crippen molar-refractivity contribution in [1.29, 1.82) is 0 Å². The van der Waals surface area contributed by atoms with Crippen molar-refractivity contribution in [3.8, 4) is 5.75 Å². The summed E-state index contributed by atoms with van der Waals surface area (Å²) >= 11 is 0. The highest BCUT2D eigenvalue weighted by atomic mass is 35.5. The Balaban J connectivity index is 0.00000112. The Morgan fingerprint density at radius 1 is 1.33 bits per heavy atom. The lowest BCUT2D eigenvalue weighted by Crippen LogP contribution is -2.31. The molecule has 0 aromatic heterocycles. The molecule has 1 aromatic rings. The smallest absolute Gasteiger partial charge is 0.119 e. The van der Waals surface area contributed by atoms with Crippen molar-refractivity contribution in [2.75, 3.05) is 14.2 Å². The average Bonchev–Trinajstić information content (AvgIpc) is 2.27. The molecule has 2 rings (SSSR count). The summed E-state index contributed by atoms with van der Waals surface area (Å²) in [6, 6.07) is 7.05. The summed E-state index contributed by atoms with van der Waals surface area (Å²) in [4.78, 5) is 0. The van der Waals surface area contributed by atoms with Crippen LogP contribution in [-0.4, -0.2) is 20.2 Å². The van der Waals surface area contributed by atoms with Gasteiger partial charge in [-0.3, -0.25) is 0 Å². The van der Waals surface area contributed by atoms with Gasteiger partial charge in [0.15, 0.2) is 0 Å². The molecule has 0 heterocycles. The van der Waals surface area contributed by atoms with Crippen LogP contribution in [-0.2, 0) is 12.8 Å². The number of benzene rings is 1. The van der Waals surface area contributed by atoms with Crippen LogP contribution in [0.5, 0.6) is 5.75 Å². The molecule has 0 aliphatic heterocycles. The van der Waals surface area contributed by atoms with Crippen molar-refractivity contribution in [3.63, 3.8) is 0 Å². The first-order chi connectivity index (χ1) is 6.83. The summed E-state index contributed by atoms with van der Waals surface area (Å²) in [5.41, 5.74) is 2.92. The van der Waals surface area contributed by atoms with Crippen LogP contribution in [0.1, 0.15) is 17.5 Å². The van der Waals surface area contributed by atoms with Gasteiger partial charge in [0, 0.05) is 6.04 Å². The first-order valence-corrected chi connectivity index (χ1v) is 5.16. The van der Waals surface area contributed by atoms with E-state index in [0.29, 0.717) is 6.04 Å². The Bertz CT molecular complexity index is 327. The molecule has 1 aliphatic rings. The molecule has 1 unspecified atom stereocenters. The number of aryl methyl sites for hydroxylation is 1. The highest BCUT2D eigenvalue weighted by Gasteiger charge is 2.17. The van der Waals surface area contributed by atoms with E-state index in [2.05, 4.69) is 23.5 Å². The lowest BCUT2D eigenvalue weighted by molar-refractivity contribution is 0.412. The number of hydrogen-bond donors (Lipinski definition) is 1. The second kappa shape index (κ2) is 5.38. The molecule has 3 heteroatoms. The van der Waals surface area contributed by atoms with Gasteiger partial charge < -0.3 is 10.1 Å². The molecule has 0 fully saturated rings. The molecule has 0 saturated heterocycles. The molecule has 0 saturated carbocycles. The number of hydrogen-bond acceptors (Lipinski definition) is 2. The zero-order chi connectivity index (χ0) is 9.97. The molecule has 15 heavy (non-hydrogen) atoms. The molecule has 2 nitrogen and oxygen atoms in total. The van der Waals surface area contributed by atoms with Crippen LogP contribution in [0.25, 0.3) is 0 Å². The van der Waals surface area contributed by atoms with E-state index in [1.807, 2.05) is 7.05 Å². The third kappa shape index (κ3) is 2.64. The van der Waals surface area contributed by atoms with E-state index in [9.17, 15) is 0 Å². The number of fused-ring (bicyclic) bond motifs is 1. The van der Waals surface area contributed by atoms with Crippen LogP contribution in [0.4, 0.5) is 0 Å². The van der Waals surface area contributed by atoms with Crippen LogP contribution in [0.3, 0.4) is 0 Å². The lowest BCUT2D eigenvalue weighted by Gasteiger charge is -2.24.